The number of rotatable bonds is 4. The van der Waals surface area contributed by atoms with Crippen molar-refractivity contribution >= 4 is 17.8 Å². The fraction of sp³-hybridized carbons (Fsp3) is 0.650. The highest BCUT2D eigenvalue weighted by atomic mass is 19.4. The standard InChI is InChI=1S/C20H28F3N5O2/c1-14(18(29)26-19(30)25-16-5-3-2-4-6-16)27-9-11-28(12-10-27)17-8-7-15(13-24-17)20(21,22)23/h7-8,13-14,16H,2-6,9-12H2,1H3,(H2,25,26,29,30)/t14-/m0/s1. The van der Waals surface area contributed by atoms with Gasteiger partial charge in [-0.3, -0.25) is 15.0 Å². The number of aromatic nitrogens is 1. The lowest BCUT2D eigenvalue weighted by atomic mass is 9.96. The lowest BCUT2D eigenvalue weighted by Crippen LogP contribution is -2.56. The van der Waals surface area contributed by atoms with Crippen LogP contribution in [-0.2, 0) is 11.0 Å². The van der Waals surface area contributed by atoms with Crippen molar-refractivity contribution in [3.8, 4) is 0 Å². The number of urea groups is 1. The number of carbonyl (C=O) groups is 2. The van der Waals surface area contributed by atoms with E-state index >= 15 is 0 Å². The van der Waals surface area contributed by atoms with Gasteiger partial charge in [-0.25, -0.2) is 9.78 Å². The Kier molecular flexibility index (Phi) is 7.17. The lowest BCUT2D eigenvalue weighted by molar-refractivity contribution is -0.137. The topological polar surface area (TPSA) is 77.6 Å². The average Bonchev–Trinajstić information content (AvgIpc) is 2.73. The molecule has 1 saturated heterocycles. The Bertz CT molecular complexity index is 727. The Morgan fingerprint density at radius 1 is 1.10 bits per heavy atom. The van der Waals surface area contributed by atoms with Crippen LogP contribution in [0.1, 0.15) is 44.6 Å². The largest absolute Gasteiger partial charge is 0.417 e. The molecule has 0 radical (unpaired) electrons. The minimum absolute atomic E-state index is 0.127. The smallest absolute Gasteiger partial charge is 0.354 e. The molecule has 0 unspecified atom stereocenters. The van der Waals surface area contributed by atoms with Crippen molar-refractivity contribution in [2.75, 3.05) is 31.1 Å². The predicted octanol–water partition coefficient (Wildman–Crippen LogP) is 2.77. The van der Waals surface area contributed by atoms with Crippen LogP contribution in [0.15, 0.2) is 18.3 Å². The first-order chi connectivity index (χ1) is 14.2. The van der Waals surface area contributed by atoms with Gasteiger partial charge in [0.25, 0.3) is 0 Å². The number of nitrogens with zero attached hydrogens (tertiary/aromatic N) is 3. The van der Waals surface area contributed by atoms with E-state index in [0.717, 1.165) is 37.9 Å². The highest BCUT2D eigenvalue weighted by Gasteiger charge is 2.31. The summed E-state index contributed by atoms with van der Waals surface area (Å²) in [6.07, 6.45) is 1.68. The van der Waals surface area contributed by atoms with Crippen LogP contribution >= 0.6 is 0 Å². The van der Waals surface area contributed by atoms with Gasteiger partial charge in [-0.15, -0.1) is 0 Å². The number of imide groups is 1. The summed E-state index contributed by atoms with van der Waals surface area (Å²) >= 11 is 0. The number of carbonyl (C=O) groups excluding carboxylic acids is 2. The SMILES string of the molecule is C[C@@H](C(=O)NC(=O)NC1CCCCC1)N1CCN(c2ccc(C(F)(F)F)cn2)CC1. The number of pyridine rings is 1. The molecule has 0 bridgehead atoms. The molecule has 30 heavy (non-hydrogen) atoms. The number of halogens is 3. The zero-order valence-electron chi connectivity index (χ0n) is 17.0. The number of hydrogen-bond donors (Lipinski definition) is 2. The second-order valence-electron chi connectivity index (χ2n) is 7.90. The molecule has 1 atom stereocenters. The summed E-state index contributed by atoms with van der Waals surface area (Å²) in [5.41, 5.74) is -0.776. The number of piperazine rings is 1. The van der Waals surface area contributed by atoms with Crippen molar-refractivity contribution in [1.29, 1.82) is 0 Å². The van der Waals surface area contributed by atoms with Crippen LogP contribution in [0, 0.1) is 0 Å². The molecular weight excluding hydrogens is 399 g/mol. The third-order valence-electron chi connectivity index (χ3n) is 5.82. The van der Waals surface area contributed by atoms with E-state index in [1.165, 1.54) is 12.5 Å². The third-order valence-corrected chi connectivity index (χ3v) is 5.82. The molecule has 2 heterocycles. The summed E-state index contributed by atoms with van der Waals surface area (Å²) in [7, 11) is 0. The van der Waals surface area contributed by atoms with Crippen LogP contribution in [0.3, 0.4) is 0 Å². The number of hydrogen-bond acceptors (Lipinski definition) is 5. The molecule has 1 aliphatic carbocycles. The van der Waals surface area contributed by atoms with Crippen molar-refractivity contribution in [3.05, 3.63) is 23.9 Å². The van der Waals surface area contributed by atoms with Gasteiger partial charge in [0, 0.05) is 38.4 Å². The summed E-state index contributed by atoms with van der Waals surface area (Å²) in [5, 5.41) is 5.29. The first kappa shape index (κ1) is 22.3. The minimum atomic E-state index is -4.41. The predicted molar refractivity (Wildman–Crippen MR) is 106 cm³/mol. The molecule has 166 valence electrons. The molecule has 3 rings (SSSR count). The fourth-order valence-electron chi connectivity index (χ4n) is 3.93. The Balaban J connectivity index is 1.45. The number of amides is 3. The van der Waals surface area contributed by atoms with Crippen LogP contribution < -0.4 is 15.5 Å². The molecule has 0 spiro atoms. The van der Waals surface area contributed by atoms with Crippen molar-refractivity contribution in [1.82, 2.24) is 20.5 Å². The van der Waals surface area contributed by atoms with Crippen LogP contribution in [0.4, 0.5) is 23.8 Å². The van der Waals surface area contributed by atoms with Gasteiger partial charge in [0.05, 0.1) is 11.6 Å². The van der Waals surface area contributed by atoms with Crippen LogP contribution in [0.5, 0.6) is 0 Å². The minimum Gasteiger partial charge on any atom is -0.354 e. The van der Waals surface area contributed by atoms with Gasteiger partial charge >= 0.3 is 12.2 Å². The molecule has 2 N–H and O–H groups in total. The molecule has 2 aliphatic rings. The Morgan fingerprint density at radius 3 is 2.33 bits per heavy atom. The fourth-order valence-corrected chi connectivity index (χ4v) is 3.93. The molecular formula is C20H28F3N5O2. The molecule has 1 saturated carbocycles. The van der Waals surface area contributed by atoms with Crippen molar-refractivity contribution in [3.63, 3.8) is 0 Å². The second-order valence-corrected chi connectivity index (χ2v) is 7.90. The molecule has 10 heteroatoms. The van der Waals surface area contributed by atoms with E-state index in [0.29, 0.717) is 32.0 Å². The summed E-state index contributed by atoms with van der Waals surface area (Å²) in [4.78, 5) is 32.3. The first-order valence-electron chi connectivity index (χ1n) is 10.4. The highest BCUT2D eigenvalue weighted by Crippen LogP contribution is 2.29. The van der Waals surface area contributed by atoms with Crippen molar-refractivity contribution in [2.45, 2.75) is 57.3 Å². The van der Waals surface area contributed by atoms with Crippen LogP contribution in [-0.4, -0.2) is 60.1 Å². The Labute approximate surface area is 174 Å². The van der Waals surface area contributed by atoms with Gasteiger partial charge in [0.2, 0.25) is 5.91 Å². The van der Waals surface area contributed by atoms with Crippen molar-refractivity contribution in [2.24, 2.45) is 0 Å². The van der Waals surface area contributed by atoms with Gasteiger partial charge < -0.3 is 10.2 Å². The number of nitrogens with one attached hydrogen (secondary N) is 2. The lowest BCUT2D eigenvalue weighted by Gasteiger charge is -2.38. The molecule has 3 amide bonds. The van der Waals surface area contributed by atoms with Gasteiger partial charge in [-0.1, -0.05) is 19.3 Å². The summed E-state index contributed by atoms with van der Waals surface area (Å²) in [6.45, 7) is 3.90. The van der Waals surface area contributed by atoms with E-state index in [-0.39, 0.29) is 11.9 Å². The summed E-state index contributed by atoms with van der Waals surface area (Å²) in [5.74, 6) is 0.121. The monoisotopic (exact) mass is 427 g/mol. The zero-order valence-corrected chi connectivity index (χ0v) is 17.0. The maximum absolute atomic E-state index is 12.7. The summed E-state index contributed by atoms with van der Waals surface area (Å²) < 4.78 is 38.0. The van der Waals surface area contributed by atoms with E-state index in [9.17, 15) is 22.8 Å². The van der Waals surface area contributed by atoms with E-state index in [1.54, 1.807) is 6.92 Å². The van der Waals surface area contributed by atoms with Gasteiger partial charge in [0.1, 0.15) is 5.82 Å². The first-order valence-corrected chi connectivity index (χ1v) is 10.4. The summed E-state index contributed by atoms with van der Waals surface area (Å²) in [6, 6.07) is 1.58. The van der Waals surface area contributed by atoms with E-state index in [4.69, 9.17) is 0 Å². The molecule has 1 aromatic heterocycles. The molecule has 1 aliphatic heterocycles. The van der Waals surface area contributed by atoms with Crippen LogP contribution in [0.2, 0.25) is 0 Å². The zero-order chi connectivity index (χ0) is 21.7. The number of alkyl halides is 3. The molecule has 2 fully saturated rings. The maximum atomic E-state index is 12.7. The molecule has 7 nitrogen and oxygen atoms in total. The van der Waals surface area contributed by atoms with Gasteiger partial charge in [-0.2, -0.15) is 13.2 Å². The van der Waals surface area contributed by atoms with Crippen molar-refractivity contribution < 1.29 is 22.8 Å². The maximum Gasteiger partial charge on any atom is 0.417 e. The Hall–Kier alpha value is -2.36. The second kappa shape index (κ2) is 9.63. The van der Waals surface area contributed by atoms with E-state index in [2.05, 4.69) is 15.6 Å². The quantitative estimate of drug-likeness (QED) is 0.773. The highest BCUT2D eigenvalue weighted by molar-refractivity contribution is 5.96. The molecule has 0 aromatic carbocycles. The van der Waals surface area contributed by atoms with E-state index < -0.39 is 23.8 Å². The van der Waals surface area contributed by atoms with Gasteiger partial charge in [0.15, 0.2) is 0 Å². The Morgan fingerprint density at radius 2 is 1.77 bits per heavy atom. The van der Waals surface area contributed by atoms with Gasteiger partial charge in [-0.05, 0) is 31.9 Å². The third kappa shape index (κ3) is 5.84. The van der Waals surface area contributed by atoms with E-state index in [1.807, 2.05) is 9.80 Å². The van der Waals surface area contributed by atoms with Crippen LogP contribution in [0.25, 0.3) is 0 Å². The number of anilines is 1. The molecule has 1 aromatic rings. The normalized spacial score (nSPS) is 19.9. The average molecular weight is 427 g/mol.